The van der Waals surface area contributed by atoms with Gasteiger partial charge < -0.3 is 14.6 Å². The first-order valence-electron chi connectivity index (χ1n) is 7.37. The molecule has 2 N–H and O–H groups in total. The van der Waals surface area contributed by atoms with E-state index < -0.39 is 0 Å². The number of benzene rings is 1. The van der Waals surface area contributed by atoms with Crippen LogP contribution < -0.4 is 10.2 Å². The van der Waals surface area contributed by atoms with Crippen LogP contribution in [0.1, 0.15) is 12.5 Å². The molecule has 1 aromatic rings. The number of aromatic hydroxyl groups is 1. The Hall–Kier alpha value is -1.64. The Morgan fingerprint density at radius 1 is 1.52 bits per heavy atom. The van der Waals surface area contributed by atoms with Gasteiger partial charge in [-0.25, -0.2) is 5.43 Å². The maximum absolute atomic E-state index is 11.8. The lowest BCUT2D eigenvalue weighted by Gasteiger charge is -2.25. The number of phenols is 1. The van der Waals surface area contributed by atoms with Gasteiger partial charge in [0.15, 0.2) is 11.5 Å². The zero-order valence-electron chi connectivity index (χ0n) is 12.9. The topological polar surface area (TPSA) is 83.4 Å². The molecule has 0 saturated carbocycles. The van der Waals surface area contributed by atoms with Crippen LogP contribution in [-0.4, -0.2) is 61.6 Å². The number of halogens is 1. The summed E-state index contributed by atoms with van der Waals surface area (Å²) in [6.45, 7) is 5.37. The molecule has 1 heterocycles. The molecule has 7 nitrogen and oxygen atoms in total. The van der Waals surface area contributed by atoms with Crippen LogP contribution in [0, 0.1) is 0 Å². The van der Waals surface area contributed by atoms with E-state index in [9.17, 15) is 9.90 Å². The molecule has 126 valence electrons. The summed E-state index contributed by atoms with van der Waals surface area (Å²) in [4.78, 5) is 13.8. The lowest BCUT2D eigenvalue weighted by Crippen LogP contribution is -2.42. The number of morpholine rings is 1. The van der Waals surface area contributed by atoms with Crippen molar-refractivity contribution in [2.24, 2.45) is 5.10 Å². The Bertz CT molecular complexity index is 574. The first-order chi connectivity index (χ1) is 11.1. The molecule has 0 spiro atoms. The standard InChI is InChI=1S/C15H20BrN3O4/c1-2-23-14-7-11(12(16)8-13(14)20)9-17-18-15(21)10-19-3-5-22-6-4-19/h7-9,20H,2-6,10H2,1H3,(H,18,21)/b17-9+. The number of hydrogen-bond donors (Lipinski definition) is 2. The molecule has 8 heteroatoms. The molecular weight excluding hydrogens is 366 g/mol. The van der Waals surface area contributed by atoms with Crippen molar-refractivity contribution in [2.75, 3.05) is 39.5 Å². The fourth-order valence-electron chi connectivity index (χ4n) is 2.10. The number of rotatable bonds is 6. The molecule has 1 aliphatic rings. The Kier molecular flexibility index (Phi) is 6.82. The van der Waals surface area contributed by atoms with Crippen molar-refractivity contribution in [1.82, 2.24) is 10.3 Å². The Labute approximate surface area is 143 Å². The summed E-state index contributed by atoms with van der Waals surface area (Å²) in [7, 11) is 0. The average Bonchev–Trinajstić information content (AvgIpc) is 2.52. The van der Waals surface area contributed by atoms with Gasteiger partial charge in [-0.15, -0.1) is 0 Å². The van der Waals surface area contributed by atoms with Crippen LogP contribution in [-0.2, 0) is 9.53 Å². The minimum Gasteiger partial charge on any atom is -0.504 e. The normalized spacial score (nSPS) is 15.7. The first-order valence-corrected chi connectivity index (χ1v) is 8.16. The zero-order valence-corrected chi connectivity index (χ0v) is 14.5. The van der Waals surface area contributed by atoms with Crippen LogP contribution in [0.25, 0.3) is 0 Å². The number of nitrogens with one attached hydrogen (secondary N) is 1. The molecule has 2 rings (SSSR count). The third kappa shape index (κ3) is 5.49. The van der Waals surface area contributed by atoms with Crippen LogP contribution in [0.4, 0.5) is 0 Å². The molecule has 0 aliphatic carbocycles. The second-order valence-corrected chi connectivity index (χ2v) is 5.81. The maximum atomic E-state index is 11.8. The molecule has 0 atom stereocenters. The van der Waals surface area contributed by atoms with Crippen molar-refractivity contribution in [3.8, 4) is 11.5 Å². The van der Waals surface area contributed by atoms with E-state index in [0.717, 1.165) is 13.1 Å². The van der Waals surface area contributed by atoms with Crippen LogP contribution in [0.2, 0.25) is 0 Å². The molecule has 0 unspecified atom stereocenters. The number of nitrogens with zero attached hydrogens (tertiary/aromatic N) is 2. The molecule has 23 heavy (non-hydrogen) atoms. The smallest absolute Gasteiger partial charge is 0.254 e. The second-order valence-electron chi connectivity index (χ2n) is 4.96. The van der Waals surface area contributed by atoms with Gasteiger partial charge in [0.1, 0.15) is 0 Å². The van der Waals surface area contributed by atoms with E-state index in [1.165, 1.54) is 12.3 Å². The summed E-state index contributed by atoms with van der Waals surface area (Å²) in [5.74, 6) is 0.243. The van der Waals surface area contributed by atoms with Gasteiger partial charge in [-0.3, -0.25) is 9.69 Å². The van der Waals surface area contributed by atoms with Gasteiger partial charge in [-0.1, -0.05) is 0 Å². The molecule has 0 radical (unpaired) electrons. The summed E-state index contributed by atoms with van der Waals surface area (Å²) in [6.07, 6.45) is 1.50. The van der Waals surface area contributed by atoms with Crippen molar-refractivity contribution >= 4 is 28.1 Å². The number of carbonyl (C=O) groups is 1. The number of hydrogen-bond acceptors (Lipinski definition) is 6. The fourth-order valence-corrected chi connectivity index (χ4v) is 2.53. The third-order valence-corrected chi connectivity index (χ3v) is 3.93. The number of phenolic OH excluding ortho intramolecular Hbond substituents is 1. The Morgan fingerprint density at radius 2 is 2.26 bits per heavy atom. The Morgan fingerprint density at radius 3 is 2.96 bits per heavy atom. The van der Waals surface area contributed by atoms with E-state index in [2.05, 4.69) is 26.5 Å². The van der Waals surface area contributed by atoms with E-state index in [4.69, 9.17) is 9.47 Å². The van der Waals surface area contributed by atoms with Gasteiger partial charge in [0.2, 0.25) is 0 Å². The Balaban J connectivity index is 1.91. The fraction of sp³-hybridized carbons (Fsp3) is 0.467. The molecule has 1 saturated heterocycles. The highest BCUT2D eigenvalue weighted by atomic mass is 79.9. The van der Waals surface area contributed by atoms with Gasteiger partial charge in [0, 0.05) is 23.1 Å². The number of hydrazone groups is 1. The molecule has 1 fully saturated rings. The molecule has 1 aromatic carbocycles. The van der Waals surface area contributed by atoms with E-state index in [1.54, 1.807) is 6.07 Å². The SMILES string of the molecule is CCOc1cc(/C=N/NC(=O)CN2CCOCC2)c(Br)cc1O. The lowest BCUT2D eigenvalue weighted by molar-refractivity contribution is -0.123. The predicted octanol–water partition coefficient (Wildman–Crippen LogP) is 1.34. The highest BCUT2D eigenvalue weighted by Crippen LogP contribution is 2.31. The third-order valence-electron chi connectivity index (χ3n) is 3.24. The van der Waals surface area contributed by atoms with Crippen LogP contribution in [0.3, 0.4) is 0 Å². The van der Waals surface area contributed by atoms with Gasteiger partial charge in [-0.2, -0.15) is 5.10 Å². The predicted molar refractivity (Wildman–Crippen MR) is 90.0 cm³/mol. The first kappa shape index (κ1) is 17.7. The largest absolute Gasteiger partial charge is 0.504 e. The van der Waals surface area contributed by atoms with Crippen LogP contribution in [0.5, 0.6) is 11.5 Å². The minimum atomic E-state index is -0.178. The molecule has 1 amide bonds. The van der Waals surface area contributed by atoms with Gasteiger partial charge in [0.05, 0.1) is 32.6 Å². The monoisotopic (exact) mass is 385 g/mol. The summed E-state index contributed by atoms with van der Waals surface area (Å²) >= 11 is 3.34. The number of amides is 1. The minimum absolute atomic E-state index is 0.0484. The summed E-state index contributed by atoms with van der Waals surface area (Å²) in [6, 6.07) is 3.18. The second kappa shape index (κ2) is 8.85. The van der Waals surface area contributed by atoms with E-state index in [-0.39, 0.29) is 11.7 Å². The molecule has 0 aromatic heterocycles. The van der Waals surface area contributed by atoms with Gasteiger partial charge in [0.25, 0.3) is 5.91 Å². The van der Waals surface area contributed by atoms with Crippen molar-refractivity contribution < 1.29 is 19.4 Å². The summed E-state index contributed by atoms with van der Waals surface area (Å²) in [5, 5.41) is 13.7. The summed E-state index contributed by atoms with van der Waals surface area (Å²) in [5.41, 5.74) is 3.19. The van der Waals surface area contributed by atoms with E-state index in [0.29, 0.717) is 42.2 Å². The molecule has 0 bridgehead atoms. The van der Waals surface area contributed by atoms with Crippen molar-refractivity contribution in [1.29, 1.82) is 0 Å². The van der Waals surface area contributed by atoms with Crippen molar-refractivity contribution in [2.45, 2.75) is 6.92 Å². The molecule has 1 aliphatic heterocycles. The lowest BCUT2D eigenvalue weighted by atomic mass is 10.2. The molecular formula is C15H20BrN3O4. The van der Waals surface area contributed by atoms with Gasteiger partial charge in [-0.05, 0) is 35.0 Å². The maximum Gasteiger partial charge on any atom is 0.254 e. The van der Waals surface area contributed by atoms with Crippen LogP contribution >= 0.6 is 15.9 Å². The number of carbonyl (C=O) groups excluding carboxylic acids is 1. The van der Waals surface area contributed by atoms with Crippen molar-refractivity contribution in [3.63, 3.8) is 0 Å². The summed E-state index contributed by atoms with van der Waals surface area (Å²) < 4.78 is 11.2. The zero-order chi connectivity index (χ0) is 16.7. The quantitative estimate of drug-likeness (QED) is 0.570. The average molecular weight is 386 g/mol. The van der Waals surface area contributed by atoms with Gasteiger partial charge >= 0.3 is 0 Å². The number of ether oxygens (including phenoxy) is 2. The van der Waals surface area contributed by atoms with E-state index in [1.807, 2.05) is 11.8 Å². The van der Waals surface area contributed by atoms with Crippen molar-refractivity contribution in [3.05, 3.63) is 22.2 Å². The van der Waals surface area contributed by atoms with E-state index >= 15 is 0 Å². The highest BCUT2D eigenvalue weighted by molar-refractivity contribution is 9.10. The highest BCUT2D eigenvalue weighted by Gasteiger charge is 2.13. The van der Waals surface area contributed by atoms with Crippen LogP contribution in [0.15, 0.2) is 21.7 Å².